The molecule has 0 aromatic heterocycles. The Kier molecular flexibility index (Phi) is 6.52. The molecule has 0 fully saturated rings. The molecule has 0 radical (unpaired) electrons. The van der Waals surface area contributed by atoms with Crippen LogP contribution in [-0.2, 0) is 9.53 Å². The number of methoxy groups -OCH3 is 1. The molecular formula is C15H23N3O3. The maximum absolute atomic E-state index is 11.7. The van der Waals surface area contributed by atoms with Gasteiger partial charge in [-0.2, -0.15) is 0 Å². The molecule has 2 amide bonds. The summed E-state index contributed by atoms with van der Waals surface area (Å²) in [6, 6.07) is 5.89. The summed E-state index contributed by atoms with van der Waals surface area (Å²) in [6.07, 6.45) is -0.626. The molecule has 0 spiro atoms. The first-order valence-electron chi connectivity index (χ1n) is 6.99. The van der Waals surface area contributed by atoms with Crippen LogP contribution in [-0.4, -0.2) is 38.7 Å². The van der Waals surface area contributed by atoms with Gasteiger partial charge in [-0.15, -0.1) is 0 Å². The number of carbonyl (C=O) groups is 2. The lowest BCUT2D eigenvalue weighted by Gasteiger charge is -2.22. The molecule has 0 aliphatic rings. The molecule has 6 heteroatoms. The quantitative estimate of drug-likeness (QED) is 0.843. The van der Waals surface area contributed by atoms with Gasteiger partial charge in [0.2, 0.25) is 5.91 Å². The maximum atomic E-state index is 11.7. The molecule has 0 heterocycles. The molecule has 2 N–H and O–H groups in total. The van der Waals surface area contributed by atoms with E-state index in [1.54, 1.807) is 0 Å². The predicted octanol–water partition coefficient (Wildman–Crippen LogP) is 2.14. The van der Waals surface area contributed by atoms with E-state index in [0.717, 1.165) is 30.0 Å². The Morgan fingerprint density at radius 3 is 2.43 bits per heavy atom. The third-order valence-electron chi connectivity index (χ3n) is 3.19. The second-order valence-electron chi connectivity index (χ2n) is 4.56. The van der Waals surface area contributed by atoms with Crippen LogP contribution in [0.2, 0.25) is 0 Å². The second-order valence-corrected chi connectivity index (χ2v) is 4.56. The van der Waals surface area contributed by atoms with Crippen molar-refractivity contribution >= 4 is 23.4 Å². The van der Waals surface area contributed by atoms with E-state index in [-0.39, 0.29) is 12.5 Å². The molecular weight excluding hydrogens is 270 g/mol. The van der Waals surface area contributed by atoms with Gasteiger partial charge in [-0.25, -0.2) is 4.79 Å². The highest BCUT2D eigenvalue weighted by molar-refractivity contribution is 5.94. The largest absolute Gasteiger partial charge is 0.453 e. The van der Waals surface area contributed by atoms with Gasteiger partial charge >= 0.3 is 6.09 Å². The summed E-state index contributed by atoms with van der Waals surface area (Å²) in [6.45, 7) is 7.90. The number of nitrogens with one attached hydrogen (secondary N) is 2. The lowest BCUT2D eigenvalue weighted by molar-refractivity contribution is -0.115. The maximum Gasteiger partial charge on any atom is 0.407 e. The number of ether oxygens (including phenoxy) is 1. The SMILES string of the molecule is CCN(CC)c1ccc(NC(=O)CNC(=O)OC)c(C)c1. The van der Waals surface area contributed by atoms with Crippen molar-refractivity contribution in [2.24, 2.45) is 0 Å². The molecule has 0 aliphatic heterocycles. The lowest BCUT2D eigenvalue weighted by Crippen LogP contribution is -2.32. The molecule has 0 aliphatic carbocycles. The Balaban J connectivity index is 2.68. The van der Waals surface area contributed by atoms with Gasteiger partial charge in [0.25, 0.3) is 0 Å². The summed E-state index contributed by atoms with van der Waals surface area (Å²) in [4.78, 5) is 24.9. The number of nitrogens with zero attached hydrogens (tertiary/aromatic N) is 1. The normalized spacial score (nSPS) is 9.90. The number of benzene rings is 1. The molecule has 0 atom stereocenters. The fourth-order valence-corrected chi connectivity index (χ4v) is 1.99. The summed E-state index contributed by atoms with van der Waals surface area (Å²) in [5.74, 6) is -0.293. The van der Waals surface area contributed by atoms with E-state index < -0.39 is 6.09 Å². The fourth-order valence-electron chi connectivity index (χ4n) is 1.99. The Labute approximate surface area is 125 Å². The molecule has 0 saturated carbocycles. The number of hydrogen-bond acceptors (Lipinski definition) is 4. The van der Waals surface area contributed by atoms with Gasteiger partial charge in [-0.3, -0.25) is 4.79 Å². The minimum atomic E-state index is -0.626. The summed E-state index contributed by atoms with van der Waals surface area (Å²) < 4.78 is 4.41. The molecule has 0 unspecified atom stereocenters. The standard InChI is InChI=1S/C15H23N3O3/c1-5-18(6-2)12-7-8-13(11(3)9-12)17-14(19)10-16-15(20)21-4/h7-9H,5-6,10H2,1-4H3,(H,16,20)(H,17,19). The van der Waals surface area contributed by atoms with Crippen LogP contribution in [0.5, 0.6) is 0 Å². The first kappa shape index (κ1) is 16.8. The highest BCUT2D eigenvalue weighted by atomic mass is 16.5. The van der Waals surface area contributed by atoms with E-state index >= 15 is 0 Å². The highest BCUT2D eigenvalue weighted by Gasteiger charge is 2.09. The van der Waals surface area contributed by atoms with Gasteiger partial charge in [-0.05, 0) is 44.5 Å². The van der Waals surface area contributed by atoms with Crippen molar-refractivity contribution < 1.29 is 14.3 Å². The number of hydrogen-bond donors (Lipinski definition) is 2. The first-order valence-corrected chi connectivity index (χ1v) is 6.99. The van der Waals surface area contributed by atoms with Gasteiger partial charge < -0.3 is 20.3 Å². The molecule has 116 valence electrons. The summed E-state index contributed by atoms with van der Waals surface area (Å²) in [5, 5.41) is 5.10. The third kappa shape index (κ3) is 4.98. The number of aryl methyl sites for hydroxylation is 1. The summed E-state index contributed by atoms with van der Waals surface area (Å²) in [7, 11) is 1.25. The Hall–Kier alpha value is -2.24. The monoisotopic (exact) mass is 293 g/mol. The van der Waals surface area contributed by atoms with Crippen molar-refractivity contribution in [3.05, 3.63) is 23.8 Å². The van der Waals surface area contributed by atoms with Crippen LogP contribution in [0.1, 0.15) is 19.4 Å². The Morgan fingerprint density at radius 2 is 1.90 bits per heavy atom. The minimum Gasteiger partial charge on any atom is -0.453 e. The van der Waals surface area contributed by atoms with E-state index in [9.17, 15) is 9.59 Å². The van der Waals surface area contributed by atoms with E-state index in [1.807, 2.05) is 25.1 Å². The molecule has 1 aromatic rings. The first-order chi connectivity index (χ1) is 10.0. The summed E-state index contributed by atoms with van der Waals surface area (Å²) >= 11 is 0. The fraction of sp³-hybridized carbons (Fsp3) is 0.467. The average Bonchev–Trinajstić information content (AvgIpc) is 2.48. The van der Waals surface area contributed by atoms with Crippen molar-refractivity contribution in [3.63, 3.8) is 0 Å². The van der Waals surface area contributed by atoms with Crippen LogP contribution >= 0.6 is 0 Å². The molecule has 1 aromatic carbocycles. The zero-order valence-electron chi connectivity index (χ0n) is 13.0. The number of amides is 2. The van der Waals surface area contributed by atoms with Crippen molar-refractivity contribution in [3.8, 4) is 0 Å². The average molecular weight is 293 g/mol. The molecule has 21 heavy (non-hydrogen) atoms. The van der Waals surface area contributed by atoms with Crippen molar-refractivity contribution in [1.29, 1.82) is 0 Å². The Morgan fingerprint density at radius 1 is 1.24 bits per heavy atom. The van der Waals surface area contributed by atoms with Crippen molar-refractivity contribution in [1.82, 2.24) is 5.32 Å². The van der Waals surface area contributed by atoms with Crippen LogP contribution in [0, 0.1) is 6.92 Å². The third-order valence-corrected chi connectivity index (χ3v) is 3.19. The highest BCUT2D eigenvalue weighted by Crippen LogP contribution is 2.22. The van der Waals surface area contributed by atoms with Gasteiger partial charge in [-0.1, -0.05) is 0 Å². The molecule has 0 bridgehead atoms. The minimum absolute atomic E-state index is 0.121. The predicted molar refractivity (Wildman–Crippen MR) is 83.8 cm³/mol. The van der Waals surface area contributed by atoms with Gasteiger partial charge in [0, 0.05) is 24.5 Å². The van der Waals surface area contributed by atoms with Gasteiger partial charge in [0.15, 0.2) is 0 Å². The summed E-state index contributed by atoms with van der Waals surface area (Å²) in [5.41, 5.74) is 2.84. The smallest absolute Gasteiger partial charge is 0.407 e. The van der Waals surface area contributed by atoms with Crippen LogP contribution < -0.4 is 15.5 Å². The van der Waals surface area contributed by atoms with Crippen LogP contribution in [0.15, 0.2) is 18.2 Å². The topological polar surface area (TPSA) is 70.7 Å². The van der Waals surface area contributed by atoms with Crippen LogP contribution in [0.25, 0.3) is 0 Å². The zero-order valence-corrected chi connectivity index (χ0v) is 13.0. The lowest BCUT2D eigenvalue weighted by atomic mass is 10.1. The molecule has 1 rings (SSSR count). The van der Waals surface area contributed by atoms with E-state index in [0.29, 0.717) is 0 Å². The van der Waals surface area contributed by atoms with Crippen molar-refractivity contribution in [2.75, 3.05) is 37.0 Å². The second kappa shape index (κ2) is 8.14. The number of alkyl carbamates (subject to hydrolysis) is 1. The van der Waals surface area contributed by atoms with Gasteiger partial charge in [0.05, 0.1) is 7.11 Å². The van der Waals surface area contributed by atoms with E-state index in [4.69, 9.17) is 0 Å². The van der Waals surface area contributed by atoms with Gasteiger partial charge in [0.1, 0.15) is 6.54 Å². The van der Waals surface area contributed by atoms with E-state index in [2.05, 4.69) is 34.1 Å². The van der Waals surface area contributed by atoms with Crippen LogP contribution in [0.4, 0.5) is 16.2 Å². The number of anilines is 2. The van der Waals surface area contributed by atoms with E-state index in [1.165, 1.54) is 7.11 Å². The number of carbonyl (C=O) groups excluding carboxylic acids is 2. The molecule has 0 saturated heterocycles. The molecule has 6 nitrogen and oxygen atoms in total. The van der Waals surface area contributed by atoms with Crippen LogP contribution in [0.3, 0.4) is 0 Å². The van der Waals surface area contributed by atoms with Crippen molar-refractivity contribution in [2.45, 2.75) is 20.8 Å². The number of rotatable bonds is 6. The zero-order chi connectivity index (χ0) is 15.8. The Bertz CT molecular complexity index is 499.